The highest BCUT2D eigenvalue weighted by Gasteiger charge is 2.06. The Morgan fingerprint density at radius 3 is 2.75 bits per heavy atom. The minimum Gasteiger partial charge on any atom is -0.482 e. The standard InChI is InChI=1S/C11H11ClN2O2/c1-7-8(2)16-11(14-7)6-15-9-3-4-10(12)13-5-9/h3-5H,6H2,1-2H3. The summed E-state index contributed by atoms with van der Waals surface area (Å²) in [5.74, 6) is 2.01. The van der Waals surface area contributed by atoms with Crippen LogP contribution in [0.25, 0.3) is 0 Å². The number of halogens is 1. The van der Waals surface area contributed by atoms with Crippen molar-refractivity contribution in [1.82, 2.24) is 9.97 Å². The predicted molar refractivity (Wildman–Crippen MR) is 59.6 cm³/mol. The van der Waals surface area contributed by atoms with Gasteiger partial charge in [-0.3, -0.25) is 0 Å². The number of aryl methyl sites for hydroxylation is 2. The summed E-state index contributed by atoms with van der Waals surface area (Å²) in [7, 11) is 0. The van der Waals surface area contributed by atoms with Crippen molar-refractivity contribution in [3.8, 4) is 5.75 Å². The third-order valence-corrected chi connectivity index (χ3v) is 2.36. The van der Waals surface area contributed by atoms with Gasteiger partial charge < -0.3 is 9.15 Å². The van der Waals surface area contributed by atoms with Gasteiger partial charge in [0, 0.05) is 0 Å². The van der Waals surface area contributed by atoms with E-state index in [-0.39, 0.29) is 6.61 Å². The monoisotopic (exact) mass is 238 g/mol. The molecule has 84 valence electrons. The Balaban J connectivity index is 1.99. The molecule has 0 aliphatic rings. The first-order valence-electron chi connectivity index (χ1n) is 4.82. The van der Waals surface area contributed by atoms with Crippen molar-refractivity contribution >= 4 is 11.6 Å². The summed E-state index contributed by atoms with van der Waals surface area (Å²) in [6.45, 7) is 4.06. The van der Waals surface area contributed by atoms with Crippen LogP contribution in [0.15, 0.2) is 22.7 Å². The van der Waals surface area contributed by atoms with Crippen LogP contribution in [0, 0.1) is 13.8 Å². The Bertz CT molecular complexity index is 460. The molecule has 0 spiro atoms. The molecule has 0 unspecified atom stereocenters. The Hall–Kier alpha value is -1.55. The van der Waals surface area contributed by atoms with Crippen molar-refractivity contribution in [2.45, 2.75) is 20.5 Å². The maximum atomic E-state index is 5.66. The number of ether oxygens (including phenoxy) is 1. The normalized spacial score (nSPS) is 10.4. The maximum Gasteiger partial charge on any atom is 0.232 e. The molecule has 2 aromatic heterocycles. The zero-order chi connectivity index (χ0) is 11.5. The number of oxazole rings is 1. The largest absolute Gasteiger partial charge is 0.482 e. The highest BCUT2D eigenvalue weighted by molar-refractivity contribution is 6.29. The molecular formula is C11H11ClN2O2. The van der Waals surface area contributed by atoms with Gasteiger partial charge in [-0.1, -0.05) is 11.6 Å². The lowest BCUT2D eigenvalue weighted by molar-refractivity contribution is 0.259. The van der Waals surface area contributed by atoms with Crippen LogP contribution in [0.5, 0.6) is 5.75 Å². The molecule has 2 aromatic rings. The highest BCUT2D eigenvalue weighted by Crippen LogP contribution is 2.15. The highest BCUT2D eigenvalue weighted by atomic mass is 35.5. The van der Waals surface area contributed by atoms with Gasteiger partial charge in [-0.25, -0.2) is 9.97 Å². The van der Waals surface area contributed by atoms with E-state index in [1.807, 2.05) is 13.8 Å². The van der Waals surface area contributed by atoms with Crippen molar-refractivity contribution in [3.05, 3.63) is 40.8 Å². The van der Waals surface area contributed by atoms with Gasteiger partial charge in [0.25, 0.3) is 0 Å². The lowest BCUT2D eigenvalue weighted by Crippen LogP contribution is -1.96. The third-order valence-electron chi connectivity index (χ3n) is 2.14. The first kappa shape index (κ1) is 11.0. The number of hydrogen-bond donors (Lipinski definition) is 0. The summed E-state index contributed by atoms with van der Waals surface area (Å²) < 4.78 is 10.8. The fourth-order valence-corrected chi connectivity index (χ4v) is 1.31. The van der Waals surface area contributed by atoms with Crippen molar-refractivity contribution in [3.63, 3.8) is 0 Å². The summed E-state index contributed by atoms with van der Waals surface area (Å²) in [5.41, 5.74) is 0.882. The third kappa shape index (κ3) is 2.52. The molecule has 0 atom stereocenters. The average Bonchev–Trinajstić information content (AvgIpc) is 2.58. The number of rotatable bonds is 3. The van der Waals surface area contributed by atoms with Crippen LogP contribution in [0.1, 0.15) is 17.3 Å². The van der Waals surface area contributed by atoms with Crippen molar-refractivity contribution < 1.29 is 9.15 Å². The molecule has 0 aliphatic carbocycles. The molecular weight excluding hydrogens is 228 g/mol. The first-order chi connectivity index (χ1) is 7.65. The van der Waals surface area contributed by atoms with Gasteiger partial charge in [0.1, 0.15) is 16.7 Å². The molecule has 4 nitrogen and oxygen atoms in total. The quantitative estimate of drug-likeness (QED) is 0.772. The number of aromatic nitrogens is 2. The van der Waals surface area contributed by atoms with Crippen LogP contribution in [0.2, 0.25) is 5.15 Å². The van der Waals surface area contributed by atoms with Crippen molar-refractivity contribution in [2.75, 3.05) is 0 Å². The molecule has 0 saturated heterocycles. The Kier molecular flexibility index (Phi) is 3.10. The smallest absolute Gasteiger partial charge is 0.232 e. The Labute approximate surface area is 98.2 Å². The lowest BCUT2D eigenvalue weighted by Gasteiger charge is -2.02. The molecule has 0 aromatic carbocycles. The predicted octanol–water partition coefficient (Wildman–Crippen LogP) is 2.92. The van der Waals surface area contributed by atoms with Crippen LogP contribution in [0.4, 0.5) is 0 Å². The van der Waals surface area contributed by atoms with Gasteiger partial charge in [-0.2, -0.15) is 0 Å². The minimum atomic E-state index is 0.290. The number of nitrogens with zero attached hydrogens (tertiary/aromatic N) is 2. The molecule has 2 rings (SSSR count). The second kappa shape index (κ2) is 4.53. The van der Waals surface area contributed by atoms with Gasteiger partial charge in [-0.15, -0.1) is 0 Å². The van der Waals surface area contributed by atoms with Gasteiger partial charge in [0.15, 0.2) is 6.61 Å². The molecule has 0 saturated carbocycles. The maximum absolute atomic E-state index is 5.66. The Morgan fingerprint density at radius 1 is 1.38 bits per heavy atom. The molecule has 0 fully saturated rings. The fraction of sp³-hybridized carbons (Fsp3) is 0.273. The summed E-state index contributed by atoms with van der Waals surface area (Å²) >= 11 is 5.66. The number of hydrogen-bond acceptors (Lipinski definition) is 4. The van der Waals surface area contributed by atoms with Crippen molar-refractivity contribution in [1.29, 1.82) is 0 Å². The van der Waals surface area contributed by atoms with E-state index in [0.29, 0.717) is 16.8 Å². The van der Waals surface area contributed by atoms with Crippen LogP contribution in [-0.4, -0.2) is 9.97 Å². The summed E-state index contributed by atoms with van der Waals surface area (Å²) in [6, 6.07) is 3.42. The van der Waals surface area contributed by atoms with E-state index in [9.17, 15) is 0 Å². The van der Waals surface area contributed by atoms with E-state index in [0.717, 1.165) is 11.5 Å². The fourth-order valence-electron chi connectivity index (χ4n) is 1.19. The van der Waals surface area contributed by atoms with Gasteiger partial charge in [-0.05, 0) is 26.0 Å². The molecule has 16 heavy (non-hydrogen) atoms. The molecule has 0 amide bonds. The zero-order valence-electron chi connectivity index (χ0n) is 9.03. The average molecular weight is 239 g/mol. The summed E-state index contributed by atoms with van der Waals surface area (Å²) in [5, 5.41) is 0.440. The second-order valence-corrected chi connectivity index (χ2v) is 3.74. The molecule has 0 N–H and O–H groups in total. The van der Waals surface area contributed by atoms with Gasteiger partial charge in [0.2, 0.25) is 5.89 Å². The molecule has 0 bridgehead atoms. The Morgan fingerprint density at radius 2 is 2.19 bits per heavy atom. The van der Waals surface area contributed by atoms with E-state index >= 15 is 0 Å². The minimum absolute atomic E-state index is 0.290. The zero-order valence-corrected chi connectivity index (χ0v) is 9.78. The summed E-state index contributed by atoms with van der Waals surface area (Å²) in [6.07, 6.45) is 1.56. The molecule has 5 heteroatoms. The van der Waals surface area contributed by atoms with Gasteiger partial charge in [0.05, 0.1) is 11.9 Å². The lowest BCUT2D eigenvalue weighted by atomic mass is 10.4. The van der Waals surface area contributed by atoms with E-state index < -0.39 is 0 Å². The molecule has 2 heterocycles. The van der Waals surface area contributed by atoms with Crippen LogP contribution in [0.3, 0.4) is 0 Å². The first-order valence-corrected chi connectivity index (χ1v) is 5.20. The van der Waals surface area contributed by atoms with E-state index in [4.69, 9.17) is 20.8 Å². The van der Waals surface area contributed by atoms with Gasteiger partial charge >= 0.3 is 0 Å². The van der Waals surface area contributed by atoms with E-state index in [1.54, 1.807) is 18.3 Å². The number of pyridine rings is 1. The van der Waals surface area contributed by atoms with Crippen LogP contribution >= 0.6 is 11.6 Å². The van der Waals surface area contributed by atoms with Crippen LogP contribution < -0.4 is 4.74 Å². The SMILES string of the molecule is Cc1nc(COc2ccc(Cl)nc2)oc1C. The van der Waals surface area contributed by atoms with E-state index in [1.165, 1.54) is 0 Å². The molecule has 0 radical (unpaired) electrons. The van der Waals surface area contributed by atoms with Crippen molar-refractivity contribution in [2.24, 2.45) is 0 Å². The topological polar surface area (TPSA) is 48.2 Å². The van der Waals surface area contributed by atoms with E-state index in [2.05, 4.69) is 9.97 Å². The summed E-state index contributed by atoms with van der Waals surface area (Å²) in [4.78, 5) is 8.11. The second-order valence-electron chi connectivity index (χ2n) is 3.35. The van der Waals surface area contributed by atoms with Crippen LogP contribution in [-0.2, 0) is 6.61 Å². The molecule has 0 aliphatic heterocycles.